The summed E-state index contributed by atoms with van der Waals surface area (Å²) in [5.74, 6) is 0.216. The maximum atomic E-state index is 10.8. The van der Waals surface area contributed by atoms with Gasteiger partial charge in [0.25, 0.3) is 0 Å². The van der Waals surface area contributed by atoms with Crippen molar-refractivity contribution in [3.05, 3.63) is 0 Å². The van der Waals surface area contributed by atoms with E-state index in [1.54, 1.807) is 6.92 Å². The standard InChI is InChI=1S/C6H12NO2PS/c1-2-5(8)7-4(3-11)6(9)10/h4,11H,2-3,10H2,1H3,(H,7,8). The Morgan fingerprint density at radius 2 is 2.18 bits per heavy atom. The van der Waals surface area contributed by atoms with Gasteiger partial charge in [-0.1, -0.05) is 16.2 Å². The van der Waals surface area contributed by atoms with Gasteiger partial charge in [0.1, 0.15) is 0 Å². The van der Waals surface area contributed by atoms with E-state index in [2.05, 4.69) is 17.9 Å². The molecule has 0 fully saturated rings. The van der Waals surface area contributed by atoms with Crippen LogP contribution in [0, 0.1) is 0 Å². The number of thiol groups is 1. The summed E-state index contributed by atoms with van der Waals surface area (Å²) in [6, 6.07) is -0.462. The zero-order valence-corrected chi connectivity index (χ0v) is 8.38. The largest absolute Gasteiger partial charge is 0.345 e. The maximum Gasteiger partial charge on any atom is 0.220 e. The van der Waals surface area contributed by atoms with Gasteiger partial charge in [-0.3, -0.25) is 9.59 Å². The number of rotatable bonds is 4. The molecule has 0 aromatic heterocycles. The van der Waals surface area contributed by atoms with E-state index in [-0.39, 0.29) is 11.4 Å². The van der Waals surface area contributed by atoms with Crippen LogP contribution in [-0.4, -0.2) is 23.2 Å². The quantitative estimate of drug-likeness (QED) is 0.495. The van der Waals surface area contributed by atoms with Crippen molar-refractivity contribution < 1.29 is 9.59 Å². The Morgan fingerprint density at radius 1 is 1.64 bits per heavy atom. The van der Waals surface area contributed by atoms with Gasteiger partial charge in [0.05, 0.1) is 6.04 Å². The van der Waals surface area contributed by atoms with Gasteiger partial charge in [-0.2, -0.15) is 12.6 Å². The van der Waals surface area contributed by atoms with Crippen LogP contribution >= 0.6 is 21.9 Å². The molecule has 64 valence electrons. The highest BCUT2D eigenvalue weighted by Crippen LogP contribution is 1.97. The lowest BCUT2D eigenvalue weighted by molar-refractivity contribution is -0.124. The van der Waals surface area contributed by atoms with Crippen molar-refractivity contribution in [2.45, 2.75) is 19.4 Å². The first-order chi connectivity index (χ1) is 5.11. The van der Waals surface area contributed by atoms with E-state index in [0.29, 0.717) is 12.2 Å². The molecule has 2 atom stereocenters. The summed E-state index contributed by atoms with van der Waals surface area (Å²) in [5.41, 5.74) is -0.137. The third kappa shape index (κ3) is 4.38. The predicted octanol–water partition coefficient (Wildman–Crippen LogP) is 0.213. The van der Waals surface area contributed by atoms with Crippen LogP contribution in [0.3, 0.4) is 0 Å². The van der Waals surface area contributed by atoms with Crippen LogP contribution in [0.1, 0.15) is 13.3 Å². The molecule has 0 saturated heterocycles. The van der Waals surface area contributed by atoms with Gasteiger partial charge in [0.2, 0.25) is 5.91 Å². The van der Waals surface area contributed by atoms with Crippen molar-refractivity contribution in [3.8, 4) is 0 Å². The fourth-order valence-electron chi connectivity index (χ4n) is 0.503. The molecule has 2 unspecified atom stereocenters. The first kappa shape index (κ1) is 10.9. The highest BCUT2D eigenvalue weighted by atomic mass is 32.1. The highest BCUT2D eigenvalue weighted by Gasteiger charge is 2.13. The van der Waals surface area contributed by atoms with Crippen molar-refractivity contribution in [1.29, 1.82) is 0 Å². The van der Waals surface area contributed by atoms with Gasteiger partial charge >= 0.3 is 0 Å². The van der Waals surface area contributed by atoms with Crippen molar-refractivity contribution >= 4 is 33.3 Å². The summed E-state index contributed by atoms with van der Waals surface area (Å²) < 4.78 is 0. The monoisotopic (exact) mass is 193 g/mol. The first-order valence-electron chi connectivity index (χ1n) is 3.31. The van der Waals surface area contributed by atoms with Gasteiger partial charge < -0.3 is 5.32 Å². The Hall–Kier alpha value is -0.0800. The average molecular weight is 193 g/mol. The van der Waals surface area contributed by atoms with Gasteiger partial charge in [-0.15, -0.1) is 0 Å². The van der Waals surface area contributed by atoms with E-state index in [9.17, 15) is 9.59 Å². The van der Waals surface area contributed by atoms with Crippen LogP contribution < -0.4 is 5.32 Å². The first-order valence-corrected chi connectivity index (χ1v) is 4.52. The molecule has 0 aliphatic carbocycles. The molecule has 0 aliphatic rings. The molecule has 0 saturated carbocycles. The van der Waals surface area contributed by atoms with E-state index in [1.807, 2.05) is 9.24 Å². The molecule has 0 rings (SSSR count). The number of amides is 1. The van der Waals surface area contributed by atoms with Crippen molar-refractivity contribution in [2.24, 2.45) is 0 Å². The Balaban J connectivity index is 3.88. The second-order valence-electron chi connectivity index (χ2n) is 2.06. The van der Waals surface area contributed by atoms with Gasteiger partial charge in [-0.25, -0.2) is 0 Å². The molecule has 1 N–H and O–H groups in total. The van der Waals surface area contributed by atoms with Crippen LogP contribution in [0.2, 0.25) is 0 Å². The van der Waals surface area contributed by atoms with Crippen LogP contribution in [0.5, 0.6) is 0 Å². The fraction of sp³-hybridized carbons (Fsp3) is 0.667. The second-order valence-corrected chi connectivity index (χ2v) is 2.99. The number of carbonyl (C=O) groups excluding carboxylic acids is 2. The second kappa shape index (κ2) is 5.56. The molecule has 11 heavy (non-hydrogen) atoms. The predicted molar refractivity (Wildman–Crippen MR) is 50.8 cm³/mol. The molecule has 0 heterocycles. The number of hydrogen-bond donors (Lipinski definition) is 2. The summed E-state index contributed by atoms with van der Waals surface area (Å²) in [4.78, 5) is 21.5. The molecular weight excluding hydrogens is 181 g/mol. The molecule has 0 bridgehead atoms. The Labute approximate surface area is 73.9 Å². The summed E-state index contributed by atoms with van der Waals surface area (Å²) in [6.45, 7) is 1.73. The summed E-state index contributed by atoms with van der Waals surface area (Å²) in [5, 5.41) is 2.53. The maximum absolute atomic E-state index is 10.8. The minimum absolute atomic E-state index is 0.125. The van der Waals surface area contributed by atoms with E-state index in [0.717, 1.165) is 0 Å². The molecule has 0 aromatic carbocycles. The van der Waals surface area contributed by atoms with E-state index >= 15 is 0 Å². The molecule has 0 spiro atoms. The third-order valence-electron chi connectivity index (χ3n) is 1.18. The molecular formula is C6H12NO2PS. The molecule has 0 aromatic rings. The molecule has 1 amide bonds. The summed E-state index contributed by atoms with van der Waals surface area (Å²) in [7, 11) is 2.03. The van der Waals surface area contributed by atoms with Gasteiger partial charge in [0.15, 0.2) is 5.52 Å². The van der Waals surface area contributed by atoms with Crippen molar-refractivity contribution in [3.63, 3.8) is 0 Å². The van der Waals surface area contributed by atoms with Gasteiger partial charge in [0, 0.05) is 12.2 Å². The van der Waals surface area contributed by atoms with E-state index < -0.39 is 6.04 Å². The average Bonchev–Trinajstić information content (AvgIpc) is 1.99. The van der Waals surface area contributed by atoms with Crippen molar-refractivity contribution in [1.82, 2.24) is 5.32 Å². The van der Waals surface area contributed by atoms with Gasteiger partial charge in [-0.05, 0) is 0 Å². The highest BCUT2D eigenvalue weighted by molar-refractivity contribution is 7.80. The van der Waals surface area contributed by atoms with E-state index in [1.165, 1.54) is 0 Å². The Bertz CT molecular complexity index is 163. The van der Waals surface area contributed by atoms with Crippen LogP contribution in [0.15, 0.2) is 0 Å². The van der Waals surface area contributed by atoms with Crippen LogP contribution in [-0.2, 0) is 9.59 Å². The minimum atomic E-state index is -0.462. The van der Waals surface area contributed by atoms with Crippen molar-refractivity contribution in [2.75, 3.05) is 5.75 Å². The molecule has 0 aliphatic heterocycles. The smallest absolute Gasteiger partial charge is 0.220 e. The third-order valence-corrected chi connectivity index (χ3v) is 1.95. The minimum Gasteiger partial charge on any atom is -0.345 e. The number of nitrogens with one attached hydrogen (secondary N) is 1. The lowest BCUT2D eigenvalue weighted by atomic mass is 10.3. The molecule has 3 nitrogen and oxygen atoms in total. The number of carbonyl (C=O) groups is 2. The fourth-order valence-corrected chi connectivity index (χ4v) is 1.17. The topological polar surface area (TPSA) is 46.2 Å². The zero-order valence-electron chi connectivity index (χ0n) is 6.33. The lowest BCUT2D eigenvalue weighted by Crippen LogP contribution is -2.39. The lowest BCUT2D eigenvalue weighted by Gasteiger charge is -2.11. The normalized spacial score (nSPS) is 12.3. The van der Waals surface area contributed by atoms with Crippen LogP contribution in [0.4, 0.5) is 0 Å². The zero-order chi connectivity index (χ0) is 8.85. The molecule has 0 radical (unpaired) electrons. The Morgan fingerprint density at radius 3 is 2.45 bits per heavy atom. The SMILES string of the molecule is CCC(=O)NC(CS)C(=O)P. The molecule has 5 heteroatoms. The number of hydrogen-bond acceptors (Lipinski definition) is 3. The Kier molecular flexibility index (Phi) is 5.51. The van der Waals surface area contributed by atoms with E-state index in [4.69, 9.17) is 0 Å². The summed E-state index contributed by atoms with van der Waals surface area (Å²) >= 11 is 3.92. The summed E-state index contributed by atoms with van der Waals surface area (Å²) in [6.07, 6.45) is 0.391. The van der Waals surface area contributed by atoms with Crippen LogP contribution in [0.25, 0.3) is 0 Å².